The minimum atomic E-state index is -0.386. The number of rotatable bonds is 7. The highest BCUT2D eigenvalue weighted by Crippen LogP contribution is 2.17. The van der Waals surface area contributed by atoms with E-state index in [0.717, 1.165) is 16.9 Å². The molecule has 6 heteroatoms. The van der Waals surface area contributed by atoms with Gasteiger partial charge in [0, 0.05) is 24.1 Å². The first kappa shape index (κ1) is 19.5. The summed E-state index contributed by atoms with van der Waals surface area (Å²) >= 11 is 0. The lowest BCUT2D eigenvalue weighted by atomic mass is 10.1. The van der Waals surface area contributed by atoms with E-state index in [4.69, 9.17) is 0 Å². The Kier molecular flexibility index (Phi) is 5.66. The van der Waals surface area contributed by atoms with Crippen LogP contribution in [0.4, 0.5) is 4.39 Å². The van der Waals surface area contributed by atoms with E-state index >= 15 is 0 Å². The van der Waals surface area contributed by atoms with E-state index in [0.29, 0.717) is 24.1 Å². The molecule has 150 valence electrons. The van der Waals surface area contributed by atoms with Gasteiger partial charge in [0.25, 0.3) is 5.91 Å². The van der Waals surface area contributed by atoms with Crippen LogP contribution in [0.15, 0.2) is 78.9 Å². The quantitative estimate of drug-likeness (QED) is 0.476. The highest BCUT2D eigenvalue weighted by molar-refractivity contribution is 5.96. The second kappa shape index (κ2) is 8.69. The van der Waals surface area contributed by atoms with E-state index in [1.54, 1.807) is 12.1 Å². The van der Waals surface area contributed by atoms with Gasteiger partial charge in [-0.15, -0.1) is 0 Å². The van der Waals surface area contributed by atoms with Gasteiger partial charge in [0.05, 0.1) is 17.6 Å². The van der Waals surface area contributed by atoms with Crippen molar-refractivity contribution in [1.29, 1.82) is 0 Å². The molecule has 3 aromatic carbocycles. The van der Waals surface area contributed by atoms with Crippen molar-refractivity contribution in [2.24, 2.45) is 0 Å². The van der Waals surface area contributed by atoms with Gasteiger partial charge < -0.3 is 9.88 Å². The summed E-state index contributed by atoms with van der Waals surface area (Å²) in [6, 6.07) is 22.2. The summed E-state index contributed by atoms with van der Waals surface area (Å²) in [6.45, 7) is 0.519. The summed E-state index contributed by atoms with van der Waals surface area (Å²) in [5, 5.41) is 2.82. The van der Waals surface area contributed by atoms with Crippen molar-refractivity contribution in [3.8, 4) is 0 Å². The van der Waals surface area contributed by atoms with Crippen LogP contribution < -0.4 is 5.32 Å². The van der Waals surface area contributed by atoms with Crippen molar-refractivity contribution in [3.05, 3.63) is 102 Å². The van der Waals surface area contributed by atoms with Crippen LogP contribution in [-0.2, 0) is 13.0 Å². The standard InChI is InChI=1S/C24H20FN3O2/c25-19-12-10-18(11-13-19)24(30)26-15-14-23-27-20-8-4-5-9-21(20)28(23)16-22(29)17-6-2-1-3-7-17/h1-13H,14-16H2,(H,26,30). The van der Waals surface area contributed by atoms with Crippen LogP contribution in [-0.4, -0.2) is 27.8 Å². The molecule has 1 aromatic heterocycles. The van der Waals surface area contributed by atoms with Crippen LogP contribution in [0.1, 0.15) is 26.5 Å². The highest BCUT2D eigenvalue weighted by Gasteiger charge is 2.15. The second-order valence-corrected chi connectivity index (χ2v) is 6.90. The van der Waals surface area contributed by atoms with Gasteiger partial charge in [0.2, 0.25) is 0 Å². The van der Waals surface area contributed by atoms with Crippen LogP contribution in [0.25, 0.3) is 11.0 Å². The summed E-state index contributed by atoms with van der Waals surface area (Å²) in [4.78, 5) is 29.7. The molecule has 0 unspecified atom stereocenters. The second-order valence-electron chi connectivity index (χ2n) is 6.90. The molecule has 0 aliphatic carbocycles. The number of aromatic nitrogens is 2. The van der Waals surface area contributed by atoms with Gasteiger partial charge in [0.15, 0.2) is 5.78 Å². The fourth-order valence-electron chi connectivity index (χ4n) is 3.34. The Morgan fingerprint density at radius 3 is 2.33 bits per heavy atom. The number of hydrogen-bond donors (Lipinski definition) is 1. The van der Waals surface area contributed by atoms with E-state index in [9.17, 15) is 14.0 Å². The number of halogens is 1. The lowest BCUT2D eigenvalue weighted by Crippen LogP contribution is -2.26. The number of nitrogens with zero attached hydrogens (tertiary/aromatic N) is 2. The summed E-state index contributed by atoms with van der Waals surface area (Å²) in [6.07, 6.45) is 0.462. The molecule has 5 nitrogen and oxygen atoms in total. The Bertz CT molecular complexity index is 1180. The van der Waals surface area contributed by atoms with Crippen molar-refractivity contribution in [3.63, 3.8) is 0 Å². The molecule has 0 bridgehead atoms. The molecule has 0 aliphatic rings. The molecule has 0 aliphatic heterocycles. The number of carbonyl (C=O) groups excluding carboxylic acids is 2. The first-order chi connectivity index (χ1) is 14.6. The molecule has 4 aromatic rings. The van der Waals surface area contributed by atoms with Crippen molar-refractivity contribution in [2.45, 2.75) is 13.0 Å². The third-order valence-corrected chi connectivity index (χ3v) is 4.87. The van der Waals surface area contributed by atoms with E-state index in [-0.39, 0.29) is 24.1 Å². The number of Topliss-reactive ketones (excluding diaryl/α,β-unsaturated/α-hetero) is 1. The fourth-order valence-corrected chi connectivity index (χ4v) is 3.34. The van der Waals surface area contributed by atoms with Crippen LogP contribution in [0.2, 0.25) is 0 Å². The molecule has 0 fully saturated rings. The normalized spacial score (nSPS) is 10.8. The van der Waals surface area contributed by atoms with Crippen molar-refractivity contribution >= 4 is 22.7 Å². The van der Waals surface area contributed by atoms with Crippen LogP contribution >= 0.6 is 0 Å². The predicted molar refractivity (Wildman–Crippen MR) is 113 cm³/mol. The number of fused-ring (bicyclic) bond motifs is 1. The molecule has 0 radical (unpaired) electrons. The van der Waals surface area contributed by atoms with Gasteiger partial charge >= 0.3 is 0 Å². The Morgan fingerprint density at radius 2 is 1.57 bits per heavy atom. The minimum absolute atomic E-state index is 0.00430. The van der Waals surface area contributed by atoms with E-state index in [1.165, 1.54) is 24.3 Å². The van der Waals surface area contributed by atoms with Crippen molar-refractivity contribution in [2.75, 3.05) is 6.54 Å². The number of ketones is 1. The van der Waals surface area contributed by atoms with Crippen LogP contribution in [0, 0.1) is 5.82 Å². The number of imidazole rings is 1. The molecule has 0 atom stereocenters. The molecule has 4 rings (SSSR count). The number of amides is 1. The highest BCUT2D eigenvalue weighted by atomic mass is 19.1. The van der Waals surface area contributed by atoms with Gasteiger partial charge in [-0.05, 0) is 36.4 Å². The Labute approximate surface area is 173 Å². The molecular weight excluding hydrogens is 381 g/mol. The first-order valence-corrected chi connectivity index (χ1v) is 9.68. The lowest BCUT2D eigenvalue weighted by Gasteiger charge is -2.10. The van der Waals surface area contributed by atoms with Gasteiger partial charge in [-0.2, -0.15) is 0 Å². The van der Waals surface area contributed by atoms with E-state index in [2.05, 4.69) is 10.3 Å². The van der Waals surface area contributed by atoms with Gasteiger partial charge in [0.1, 0.15) is 11.6 Å². The zero-order valence-corrected chi connectivity index (χ0v) is 16.2. The van der Waals surface area contributed by atoms with E-state index < -0.39 is 0 Å². The predicted octanol–water partition coefficient (Wildman–Crippen LogP) is 4.03. The van der Waals surface area contributed by atoms with Gasteiger partial charge in [-0.25, -0.2) is 9.37 Å². The monoisotopic (exact) mass is 401 g/mol. The number of carbonyl (C=O) groups is 2. The maximum Gasteiger partial charge on any atom is 0.251 e. The fraction of sp³-hybridized carbons (Fsp3) is 0.125. The maximum absolute atomic E-state index is 13.0. The SMILES string of the molecule is O=C(Cn1c(CCNC(=O)c2ccc(F)cc2)nc2ccccc21)c1ccccc1. The van der Waals surface area contributed by atoms with Crippen LogP contribution in [0.5, 0.6) is 0 Å². The molecule has 0 spiro atoms. The lowest BCUT2D eigenvalue weighted by molar-refractivity contribution is 0.0948. The molecule has 0 saturated heterocycles. The van der Waals surface area contributed by atoms with Gasteiger partial charge in [-0.3, -0.25) is 9.59 Å². The smallest absolute Gasteiger partial charge is 0.251 e. The molecular formula is C24H20FN3O2. The molecule has 0 saturated carbocycles. The summed E-state index contributed by atoms with van der Waals surface area (Å²) in [5.41, 5.74) is 2.72. The van der Waals surface area contributed by atoms with Crippen LogP contribution in [0.3, 0.4) is 0 Å². The molecule has 1 amide bonds. The number of nitrogens with one attached hydrogen (secondary N) is 1. The largest absolute Gasteiger partial charge is 0.352 e. The molecule has 1 N–H and O–H groups in total. The third kappa shape index (κ3) is 4.27. The average molecular weight is 401 g/mol. The van der Waals surface area contributed by atoms with Crippen molar-refractivity contribution in [1.82, 2.24) is 14.9 Å². The van der Waals surface area contributed by atoms with Gasteiger partial charge in [-0.1, -0.05) is 42.5 Å². The summed E-state index contributed by atoms with van der Waals surface area (Å²) in [5.74, 6) is 0.0524. The minimum Gasteiger partial charge on any atom is -0.352 e. The molecule has 1 heterocycles. The number of hydrogen-bond acceptors (Lipinski definition) is 3. The Hall–Kier alpha value is -3.80. The number of para-hydroxylation sites is 2. The zero-order chi connectivity index (χ0) is 20.9. The maximum atomic E-state index is 13.0. The summed E-state index contributed by atoms with van der Waals surface area (Å²) in [7, 11) is 0. The van der Waals surface area contributed by atoms with Crippen molar-refractivity contribution < 1.29 is 14.0 Å². The Balaban J connectivity index is 1.50. The Morgan fingerprint density at radius 1 is 0.867 bits per heavy atom. The van der Waals surface area contributed by atoms with E-state index in [1.807, 2.05) is 47.0 Å². The topological polar surface area (TPSA) is 64.0 Å². The third-order valence-electron chi connectivity index (χ3n) is 4.87. The average Bonchev–Trinajstić information content (AvgIpc) is 3.12. The summed E-state index contributed by atoms with van der Waals surface area (Å²) < 4.78 is 14.9. The first-order valence-electron chi connectivity index (χ1n) is 9.68. The number of benzene rings is 3. The zero-order valence-electron chi connectivity index (χ0n) is 16.2. The molecule has 30 heavy (non-hydrogen) atoms.